The zero-order valence-corrected chi connectivity index (χ0v) is 17.6. The summed E-state index contributed by atoms with van der Waals surface area (Å²) < 4.78 is 31.0. The van der Waals surface area contributed by atoms with Crippen molar-refractivity contribution in [1.82, 2.24) is 5.32 Å². The molecule has 6 nitrogen and oxygen atoms in total. The molecule has 152 valence electrons. The molecule has 2 aromatic rings. The highest BCUT2D eigenvalue weighted by Crippen LogP contribution is 2.24. The summed E-state index contributed by atoms with van der Waals surface area (Å²) in [6, 6.07) is 14.7. The lowest BCUT2D eigenvalue weighted by Gasteiger charge is -2.23. The first-order chi connectivity index (χ1) is 13.2. The van der Waals surface area contributed by atoms with E-state index in [0.29, 0.717) is 12.1 Å². The number of hydrogen-bond acceptors (Lipinski definition) is 4. The van der Waals surface area contributed by atoms with E-state index in [1.165, 1.54) is 10.6 Å². The summed E-state index contributed by atoms with van der Waals surface area (Å²) in [5.74, 6) is 0.592. The molecule has 0 heterocycles. The topological polar surface area (TPSA) is 75.7 Å². The molecule has 1 atom stereocenters. The summed E-state index contributed by atoms with van der Waals surface area (Å²) in [5, 5.41) is 2.95. The highest BCUT2D eigenvalue weighted by molar-refractivity contribution is 7.92. The minimum Gasteiger partial charge on any atom is -0.496 e. The molecule has 0 saturated carbocycles. The number of benzene rings is 2. The number of rotatable bonds is 9. The highest BCUT2D eigenvalue weighted by atomic mass is 32.2. The van der Waals surface area contributed by atoms with Gasteiger partial charge in [0.2, 0.25) is 15.9 Å². The monoisotopic (exact) mass is 404 g/mol. The van der Waals surface area contributed by atoms with Crippen molar-refractivity contribution in [3.63, 3.8) is 0 Å². The number of carbonyl (C=O) groups is 1. The predicted octanol–water partition coefficient (Wildman–Crippen LogP) is 3.43. The van der Waals surface area contributed by atoms with Gasteiger partial charge in [-0.2, -0.15) is 0 Å². The van der Waals surface area contributed by atoms with Crippen LogP contribution < -0.4 is 14.4 Å². The van der Waals surface area contributed by atoms with Crippen molar-refractivity contribution >= 4 is 21.6 Å². The predicted molar refractivity (Wildman–Crippen MR) is 112 cm³/mol. The van der Waals surface area contributed by atoms with Gasteiger partial charge in [0, 0.05) is 18.5 Å². The Morgan fingerprint density at radius 1 is 1.18 bits per heavy atom. The molecule has 0 aliphatic rings. The minimum atomic E-state index is -3.42. The standard InChI is InChI=1S/C21H28N2O4S/c1-16-9-7-10-18(15-16)23(28(4,25)26)14-8-13-21(24)22-17(2)19-11-5-6-12-20(19)27-3/h5-7,9-12,15,17H,8,13-14H2,1-4H3,(H,22,24). The minimum absolute atomic E-state index is 0.129. The fraction of sp³-hybridized carbons (Fsp3) is 0.381. The smallest absolute Gasteiger partial charge is 0.232 e. The van der Waals surface area contributed by atoms with Gasteiger partial charge >= 0.3 is 0 Å². The maximum absolute atomic E-state index is 12.3. The van der Waals surface area contributed by atoms with Crippen LogP contribution in [0.5, 0.6) is 5.75 Å². The van der Waals surface area contributed by atoms with Gasteiger partial charge in [0.25, 0.3) is 0 Å². The summed E-state index contributed by atoms with van der Waals surface area (Å²) in [4.78, 5) is 12.3. The number of methoxy groups -OCH3 is 1. The number of hydrogen-bond donors (Lipinski definition) is 1. The molecular formula is C21H28N2O4S. The molecule has 28 heavy (non-hydrogen) atoms. The Morgan fingerprint density at radius 2 is 1.89 bits per heavy atom. The van der Waals surface area contributed by atoms with Gasteiger partial charge in [-0.3, -0.25) is 9.10 Å². The molecule has 0 bridgehead atoms. The molecule has 7 heteroatoms. The number of aryl methyl sites for hydroxylation is 1. The van der Waals surface area contributed by atoms with Gasteiger partial charge in [-0.05, 0) is 44.0 Å². The molecule has 1 N–H and O–H groups in total. The number of nitrogens with one attached hydrogen (secondary N) is 1. The second-order valence-corrected chi connectivity index (χ2v) is 8.72. The van der Waals surface area contributed by atoms with Crippen molar-refractivity contribution in [3.05, 3.63) is 59.7 Å². The molecule has 0 fully saturated rings. The number of nitrogens with zero attached hydrogens (tertiary/aromatic N) is 1. The summed E-state index contributed by atoms with van der Waals surface area (Å²) in [6.45, 7) is 4.06. The molecule has 0 spiro atoms. The summed E-state index contributed by atoms with van der Waals surface area (Å²) in [6.07, 6.45) is 1.84. The van der Waals surface area contributed by atoms with E-state index in [9.17, 15) is 13.2 Å². The highest BCUT2D eigenvalue weighted by Gasteiger charge is 2.18. The Morgan fingerprint density at radius 3 is 2.54 bits per heavy atom. The number of amides is 1. The third kappa shape index (κ3) is 5.99. The van der Waals surface area contributed by atoms with Crippen molar-refractivity contribution in [2.75, 3.05) is 24.2 Å². The summed E-state index contributed by atoms with van der Waals surface area (Å²) in [5.41, 5.74) is 2.50. The average Bonchev–Trinajstić information content (AvgIpc) is 2.64. The van der Waals surface area contributed by atoms with E-state index in [-0.39, 0.29) is 24.9 Å². The van der Waals surface area contributed by atoms with Crippen molar-refractivity contribution in [3.8, 4) is 5.75 Å². The molecule has 0 aromatic heterocycles. The fourth-order valence-corrected chi connectivity index (χ4v) is 4.03. The van der Waals surface area contributed by atoms with Crippen LogP contribution in [0, 0.1) is 6.92 Å². The Kier molecular flexibility index (Phi) is 7.45. The van der Waals surface area contributed by atoms with E-state index < -0.39 is 10.0 Å². The number of para-hydroxylation sites is 1. The molecule has 0 radical (unpaired) electrons. The van der Waals surface area contributed by atoms with Crippen LogP contribution in [-0.4, -0.2) is 34.2 Å². The van der Waals surface area contributed by atoms with Gasteiger partial charge in [-0.15, -0.1) is 0 Å². The fourth-order valence-electron chi connectivity index (χ4n) is 3.07. The number of ether oxygens (including phenoxy) is 1. The zero-order chi connectivity index (χ0) is 20.7. The first-order valence-electron chi connectivity index (χ1n) is 9.19. The van der Waals surface area contributed by atoms with Gasteiger partial charge in [0.15, 0.2) is 0 Å². The van der Waals surface area contributed by atoms with E-state index in [2.05, 4.69) is 5.32 Å². The summed E-state index contributed by atoms with van der Waals surface area (Å²) >= 11 is 0. The number of carbonyl (C=O) groups excluding carboxylic acids is 1. The van der Waals surface area contributed by atoms with Crippen LogP contribution in [0.3, 0.4) is 0 Å². The molecular weight excluding hydrogens is 376 g/mol. The maximum atomic E-state index is 12.3. The molecule has 0 aliphatic carbocycles. The van der Waals surface area contributed by atoms with Crippen molar-refractivity contribution in [2.24, 2.45) is 0 Å². The van der Waals surface area contributed by atoms with E-state index in [4.69, 9.17) is 4.74 Å². The van der Waals surface area contributed by atoms with E-state index >= 15 is 0 Å². The van der Waals surface area contributed by atoms with Gasteiger partial charge in [0.05, 0.1) is 25.1 Å². The lowest BCUT2D eigenvalue weighted by Crippen LogP contribution is -2.32. The summed E-state index contributed by atoms with van der Waals surface area (Å²) in [7, 11) is -1.83. The maximum Gasteiger partial charge on any atom is 0.232 e. The second-order valence-electron chi connectivity index (χ2n) is 6.81. The third-order valence-corrected chi connectivity index (χ3v) is 5.63. The Bertz CT molecular complexity index is 912. The quantitative estimate of drug-likeness (QED) is 0.695. The number of anilines is 1. The van der Waals surface area contributed by atoms with Crippen LogP contribution in [0.4, 0.5) is 5.69 Å². The lowest BCUT2D eigenvalue weighted by atomic mass is 10.1. The first-order valence-corrected chi connectivity index (χ1v) is 11.0. The van der Waals surface area contributed by atoms with Crippen molar-refractivity contribution in [2.45, 2.75) is 32.7 Å². The van der Waals surface area contributed by atoms with Crippen molar-refractivity contribution < 1.29 is 17.9 Å². The third-order valence-electron chi connectivity index (χ3n) is 4.44. The largest absolute Gasteiger partial charge is 0.496 e. The van der Waals surface area contributed by atoms with Gasteiger partial charge in [-0.1, -0.05) is 30.3 Å². The van der Waals surface area contributed by atoms with Crippen LogP contribution >= 0.6 is 0 Å². The van der Waals surface area contributed by atoms with Crippen molar-refractivity contribution in [1.29, 1.82) is 0 Å². The molecule has 2 rings (SSSR count). The Balaban J connectivity index is 1.96. The molecule has 0 aliphatic heterocycles. The average molecular weight is 405 g/mol. The lowest BCUT2D eigenvalue weighted by molar-refractivity contribution is -0.121. The second kappa shape index (κ2) is 9.59. The van der Waals surface area contributed by atoms with Gasteiger partial charge in [0.1, 0.15) is 5.75 Å². The van der Waals surface area contributed by atoms with Crippen LogP contribution in [0.1, 0.15) is 36.9 Å². The SMILES string of the molecule is COc1ccccc1C(C)NC(=O)CCCN(c1cccc(C)c1)S(C)(=O)=O. The van der Waals surface area contributed by atoms with E-state index in [0.717, 1.165) is 16.9 Å². The number of sulfonamides is 1. The molecule has 2 aromatic carbocycles. The van der Waals surface area contributed by atoms with Gasteiger partial charge in [-0.25, -0.2) is 8.42 Å². The Hall–Kier alpha value is -2.54. The molecule has 0 saturated heterocycles. The Labute approximate surface area is 167 Å². The van der Waals surface area contributed by atoms with Crippen LogP contribution in [0.25, 0.3) is 0 Å². The molecule has 1 amide bonds. The van der Waals surface area contributed by atoms with Gasteiger partial charge < -0.3 is 10.1 Å². The van der Waals surface area contributed by atoms with Crippen LogP contribution in [0.15, 0.2) is 48.5 Å². The zero-order valence-electron chi connectivity index (χ0n) is 16.8. The van der Waals surface area contributed by atoms with Crippen LogP contribution in [0.2, 0.25) is 0 Å². The normalized spacial score (nSPS) is 12.3. The van der Waals surface area contributed by atoms with Crippen LogP contribution in [-0.2, 0) is 14.8 Å². The van der Waals surface area contributed by atoms with E-state index in [1.807, 2.05) is 56.3 Å². The molecule has 1 unspecified atom stereocenters. The van der Waals surface area contributed by atoms with E-state index in [1.54, 1.807) is 13.2 Å². The first kappa shape index (κ1) is 21.8.